The van der Waals surface area contributed by atoms with Gasteiger partial charge in [0.1, 0.15) is 5.75 Å². The van der Waals surface area contributed by atoms with Crippen LogP contribution < -0.4 is 15.8 Å². The van der Waals surface area contributed by atoms with Crippen molar-refractivity contribution in [1.29, 1.82) is 0 Å². The lowest BCUT2D eigenvalue weighted by Crippen LogP contribution is -2.27. The average Bonchev–Trinajstić information content (AvgIpc) is 2.59. The maximum Gasteiger partial charge on any atom is 0.321 e. The molecule has 0 spiro atoms. The molecular formula is C18H21ClFN3O2. The molecule has 0 unspecified atom stereocenters. The van der Waals surface area contributed by atoms with E-state index in [0.717, 1.165) is 0 Å². The van der Waals surface area contributed by atoms with Crippen molar-refractivity contribution in [3.63, 3.8) is 0 Å². The summed E-state index contributed by atoms with van der Waals surface area (Å²) in [7, 11) is 3.29. The van der Waals surface area contributed by atoms with Crippen LogP contribution in [0.25, 0.3) is 0 Å². The number of nitrogens with zero attached hydrogens (tertiary/aromatic N) is 1. The van der Waals surface area contributed by atoms with E-state index in [1.165, 1.54) is 4.90 Å². The van der Waals surface area contributed by atoms with Crippen LogP contribution in [0.3, 0.4) is 0 Å². The number of carbonyl (C=O) groups is 1. The summed E-state index contributed by atoms with van der Waals surface area (Å²) in [5.74, 6) is -0.231. The van der Waals surface area contributed by atoms with E-state index in [2.05, 4.69) is 5.32 Å². The van der Waals surface area contributed by atoms with Gasteiger partial charge in [-0.2, -0.15) is 0 Å². The lowest BCUT2D eigenvalue weighted by Gasteiger charge is -2.16. The molecule has 0 aliphatic carbocycles. The number of benzene rings is 2. The molecule has 0 saturated heterocycles. The normalized spacial score (nSPS) is 11.8. The minimum atomic E-state index is -0.563. The minimum absolute atomic E-state index is 0.0619. The maximum atomic E-state index is 14.6. The molecule has 0 saturated carbocycles. The molecule has 1 atom stereocenters. The Morgan fingerprint density at radius 1 is 1.28 bits per heavy atom. The third-order valence-electron chi connectivity index (χ3n) is 3.65. The molecular weight excluding hydrogens is 345 g/mol. The van der Waals surface area contributed by atoms with Crippen molar-refractivity contribution in [2.24, 2.45) is 5.73 Å². The number of nitrogens with two attached hydrogens (primary N) is 1. The van der Waals surface area contributed by atoms with E-state index >= 15 is 0 Å². The highest BCUT2D eigenvalue weighted by atomic mass is 35.5. The van der Waals surface area contributed by atoms with Crippen molar-refractivity contribution in [2.75, 3.05) is 19.4 Å². The van der Waals surface area contributed by atoms with Gasteiger partial charge >= 0.3 is 6.03 Å². The first-order valence-corrected chi connectivity index (χ1v) is 8.21. The van der Waals surface area contributed by atoms with Crippen LogP contribution in [0.5, 0.6) is 11.5 Å². The first-order valence-electron chi connectivity index (χ1n) is 7.83. The second-order valence-corrected chi connectivity index (χ2v) is 6.15. The van der Waals surface area contributed by atoms with Crippen molar-refractivity contribution >= 4 is 23.3 Å². The van der Waals surface area contributed by atoms with Gasteiger partial charge in [0.15, 0.2) is 11.6 Å². The van der Waals surface area contributed by atoms with Gasteiger partial charge in [-0.25, -0.2) is 9.18 Å². The fraction of sp³-hybridized carbons (Fsp3) is 0.278. The quantitative estimate of drug-likeness (QED) is 0.801. The zero-order valence-corrected chi connectivity index (χ0v) is 15.1. The summed E-state index contributed by atoms with van der Waals surface area (Å²) >= 11 is 6.07. The van der Waals surface area contributed by atoms with Gasteiger partial charge in [-0.15, -0.1) is 0 Å². The van der Waals surface area contributed by atoms with Crippen LogP contribution in [0.2, 0.25) is 5.02 Å². The molecule has 2 rings (SSSR count). The minimum Gasteiger partial charge on any atom is -0.453 e. The highest BCUT2D eigenvalue weighted by molar-refractivity contribution is 6.32. The van der Waals surface area contributed by atoms with Gasteiger partial charge in [0.05, 0.1) is 5.02 Å². The lowest BCUT2D eigenvalue weighted by molar-refractivity contribution is 0.230. The Hall–Kier alpha value is -2.31. The number of rotatable bonds is 5. The van der Waals surface area contributed by atoms with Gasteiger partial charge < -0.3 is 20.7 Å². The standard InChI is InChI=1S/C18H21ClFN3O2/c1-4-15(21)13-9-10-14(19)17(16(13)20)25-12-7-5-11(6-8-12)22-18(24)23(2)3/h5-10,15H,4,21H2,1-3H3,(H,22,24)/t15-/m1/s1. The fourth-order valence-corrected chi connectivity index (χ4v) is 2.29. The molecule has 5 nitrogen and oxygen atoms in total. The van der Waals surface area contributed by atoms with Crippen molar-refractivity contribution in [2.45, 2.75) is 19.4 Å². The Morgan fingerprint density at radius 2 is 1.92 bits per heavy atom. The second kappa shape index (κ2) is 8.18. The molecule has 0 aliphatic heterocycles. The molecule has 0 bridgehead atoms. The SMILES string of the molecule is CC[C@@H](N)c1ccc(Cl)c(Oc2ccc(NC(=O)N(C)C)cc2)c1F. The number of anilines is 1. The number of hydrogen-bond donors (Lipinski definition) is 2. The predicted octanol–water partition coefficient (Wildman–Crippen LogP) is 4.77. The van der Waals surface area contributed by atoms with Crippen LogP contribution in [0.15, 0.2) is 36.4 Å². The Morgan fingerprint density at radius 3 is 2.48 bits per heavy atom. The predicted molar refractivity (Wildman–Crippen MR) is 97.9 cm³/mol. The molecule has 0 radical (unpaired) electrons. The van der Waals surface area contributed by atoms with Gasteiger partial charge in [0, 0.05) is 31.4 Å². The van der Waals surface area contributed by atoms with Crippen LogP contribution in [0, 0.1) is 5.82 Å². The van der Waals surface area contributed by atoms with Crippen LogP contribution in [0.4, 0.5) is 14.9 Å². The fourth-order valence-electron chi connectivity index (χ4n) is 2.11. The first kappa shape index (κ1) is 19.0. The van der Waals surface area contributed by atoms with E-state index in [1.54, 1.807) is 50.5 Å². The summed E-state index contributed by atoms with van der Waals surface area (Å²) in [6.07, 6.45) is 0.595. The number of urea groups is 1. The van der Waals surface area contributed by atoms with E-state index in [4.69, 9.17) is 22.1 Å². The molecule has 2 aromatic rings. The molecule has 0 heterocycles. The molecule has 0 aromatic heterocycles. The highest BCUT2D eigenvalue weighted by Gasteiger charge is 2.18. The number of carbonyl (C=O) groups excluding carboxylic acids is 1. The smallest absolute Gasteiger partial charge is 0.321 e. The Kier molecular flexibility index (Phi) is 6.22. The molecule has 0 fully saturated rings. The van der Waals surface area contributed by atoms with Crippen molar-refractivity contribution < 1.29 is 13.9 Å². The first-order chi connectivity index (χ1) is 11.8. The number of nitrogens with one attached hydrogen (secondary N) is 1. The van der Waals surface area contributed by atoms with E-state index in [0.29, 0.717) is 23.4 Å². The van der Waals surface area contributed by atoms with Gasteiger partial charge in [0.25, 0.3) is 0 Å². The lowest BCUT2D eigenvalue weighted by atomic mass is 10.0. The molecule has 134 valence electrons. The second-order valence-electron chi connectivity index (χ2n) is 5.75. The highest BCUT2D eigenvalue weighted by Crippen LogP contribution is 2.36. The van der Waals surface area contributed by atoms with Crippen molar-refractivity contribution in [3.8, 4) is 11.5 Å². The largest absolute Gasteiger partial charge is 0.453 e. The Balaban J connectivity index is 2.21. The summed E-state index contributed by atoms with van der Waals surface area (Å²) in [5, 5.41) is 2.86. The molecule has 25 heavy (non-hydrogen) atoms. The molecule has 2 amide bonds. The van der Waals surface area contributed by atoms with Crippen LogP contribution >= 0.6 is 11.6 Å². The van der Waals surface area contributed by atoms with Crippen molar-refractivity contribution in [1.82, 2.24) is 4.90 Å². The van der Waals surface area contributed by atoms with Crippen LogP contribution in [0.1, 0.15) is 24.9 Å². The Labute approximate surface area is 151 Å². The molecule has 7 heteroatoms. The zero-order chi connectivity index (χ0) is 18.6. The molecule has 2 aromatic carbocycles. The number of hydrogen-bond acceptors (Lipinski definition) is 3. The molecule has 0 aliphatic rings. The number of halogens is 2. The third-order valence-corrected chi connectivity index (χ3v) is 3.95. The van der Waals surface area contributed by atoms with Gasteiger partial charge in [-0.1, -0.05) is 24.6 Å². The van der Waals surface area contributed by atoms with E-state index in [1.807, 2.05) is 6.92 Å². The van der Waals surface area contributed by atoms with E-state index in [9.17, 15) is 9.18 Å². The van der Waals surface area contributed by atoms with Crippen LogP contribution in [-0.4, -0.2) is 25.0 Å². The topological polar surface area (TPSA) is 67.6 Å². The summed E-state index contributed by atoms with van der Waals surface area (Å²) in [4.78, 5) is 13.0. The summed E-state index contributed by atoms with van der Waals surface area (Å²) in [5.41, 5.74) is 6.87. The number of amides is 2. The zero-order valence-electron chi connectivity index (χ0n) is 14.3. The maximum absolute atomic E-state index is 14.6. The van der Waals surface area contributed by atoms with Gasteiger partial charge in [-0.3, -0.25) is 0 Å². The number of ether oxygens (including phenoxy) is 1. The monoisotopic (exact) mass is 365 g/mol. The summed E-state index contributed by atoms with van der Waals surface area (Å²) in [6.45, 7) is 1.87. The third kappa shape index (κ3) is 4.61. The Bertz CT molecular complexity index is 751. The van der Waals surface area contributed by atoms with Crippen LogP contribution in [-0.2, 0) is 0 Å². The van der Waals surface area contributed by atoms with Crippen molar-refractivity contribution in [3.05, 3.63) is 52.8 Å². The summed E-state index contributed by atoms with van der Waals surface area (Å²) < 4.78 is 20.2. The van der Waals surface area contributed by atoms with Gasteiger partial charge in [0.2, 0.25) is 0 Å². The van der Waals surface area contributed by atoms with E-state index in [-0.39, 0.29) is 16.8 Å². The summed E-state index contributed by atoms with van der Waals surface area (Å²) in [6, 6.07) is 9.01. The van der Waals surface area contributed by atoms with Gasteiger partial charge in [-0.05, 0) is 36.8 Å². The molecule has 3 N–H and O–H groups in total. The van der Waals surface area contributed by atoms with E-state index < -0.39 is 11.9 Å². The average molecular weight is 366 g/mol.